The van der Waals surface area contributed by atoms with Crippen LogP contribution >= 0.6 is 11.6 Å². The third kappa shape index (κ3) is 4.31. The van der Waals surface area contributed by atoms with Gasteiger partial charge in [0.1, 0.15) is 5.82 Å². The number of aryl methyl sites for hydroxylation is 2. The van der Waals surface area contributed by atoms with Crippen LogP contribution in [0.25, 0.3) is 0 Å². The van der Waals surface area contributed by atoms with Crippen molar-refractivity contribution >= 4 is 11.6 Å². The van der Waals surface area contributed by atoms with Gasteiger partial charge in [0.25, 0.3) is 0 Å². The standard InChI is InChI=1S/C13H20ClN5O/c1-3-4-5-11-17-10(13(14)18-11)8-15-7-6-12-16-9(2)19-20-12/h15H,3-8H2,1-2H3,(H,17,18). The van der Waals surface area contributed by atoms with Crippen LogP contribution in [0.2, 0.25) is 5.15 Å². The minimum atomic E-state index is 0.553. The summed E-state index contributed by atoms with van der Waals surface area (Å²) in [6.45, 7) is 5.38. The zero-order chi connectivity index (χ0) is 14.4. The molecule has 0 saturated heterocycles. The Morgan fingerprint density at radius 2 is 2.15 bits per heavy atom. The van der Waals surface area contributed by atoms with E-state index in [0.29, 0.717) is 29.8 Å². The van der Waals surface area contributed by atoms with E-state index in [-0.39, 0.29) is 0 Å². The van der Waals surface area contributed by atoms with E-state index in [1.54, 1.807) is 0 Å². The normalized spacial score (nSPS) is 11.2. The summed E-state index contributed by atoms with van der Waals surface area (Å²) in [5, 5.41) is 7.59. The van der Waals surface area contributed by atoms with Crippen molar-refractivity contribution in [2.75, 3.05) is 6.54 Å². The highest BCUT2D eigenvalue weighted by Gasteiger charge is 2.08. The van der Waals surface area contributed by atoms with Gasteiger partial charge in [0.05, 0.1) is 5.69 Å². The molecule has 6 nitrogen and oxygen atoms in total. The van der Waals surface area contributed by atoms with Gasteiger partial charge in [-0.15, -0.1) is 0 Å². The van der Waals surface area contributed by atoms with Crippen LogP contribution in [0.1, 0.15) is 43.0 Å². The Bertz CT molecular complexity index is 537. The fourth-order valence-corrected chi connectivity index (χ4v) is 2.09. The van der Waals surface area contributed by atoms with Gasteiger partial charge in [0.15, 0.2) is 11.0 Å². The summed E-state index contributed by atoms with van der Waals surface area (Å²) in [6, 6.07) is 0. The van der Waals surface area contributed by atoms with Crippen LogP contribution in [0, 0.1) is 6.92 Å². The minimum Gasteiger partial charge on any atom is -0.344 e. The number of rotatable bonds is 8. The summed E-state index contributed by atoms with van der Waals surface area (Å²) in [5.74, 6) is 2.27. The van der Waals surface area contributed by atoms with Crippen molar-refractivity contribution in [3.05, 3.63) is 28.4 Å². The van der Waals surface area contributed by atoms with Gasteiger partial charge in [-0.25, -0.2) is 4.98 Å². The molecule has 2 aromatic heterocycles. The smallest absolute Gasteiger partial charge is 0.227 e. The van der Waals surface area contributed by atoms with Crippen molar-refractivity contribution in [1.29, 1.82) is 0 Å². The number of hydrogen-bond donors (Lipinski definition) is 2. The zero-order valence-corrected chi connectivity index (χ0v) is 12.6. The van der Waals surface area contributed by atoms with Crippen molar-refractivity contribution in [1.82, 2.24) is 25.4 Å². The van der Waals surface area contributed by atoms with Gasteiger partial charge in [-0.2, -0.15) is 4.98 Å². The fraction of sp³-hybridized carbons (Fsp3) is 0.615. The Balaban J connectivity index is 1.74. The number of H-pyrrole nitrogens is 1. The molecule has 2 aromatic rings. The quantitative estimate of drug-likeness (QED) is 0.732. The van der Waals surface area contributed by atoms with Crippen LogP contribution in [-0.2, 0) is 19.4 Å². The third-order valence-corrected chi connectivity index (χ3v) is 3.24. The summed E-state index contributed by atoms with van der Waals surface area (Å²) < 4.78 is 5.04. The molecule has 20 heavy (non-hydrogen) atoms. The van der Waals surface area contributed by atoms with Crippen LogP contribution in [0.4, 0.5) is 0 Å². The number of aromatic amines is 1. The zero-order valence-electron chi connectivity index (χ0n) is 11.9. The lowest BCUT2D eigenvalue weighted by atomic mass is 10.2. The molecular weight excluding hydrogens is 278 g/mol. The molecule has 2 rings (SSSR count). The average Bonchev–Trinajstić information content (AvgIpc) is 2.99. The van der Waals surface area contributed by atoms with Gasteiger partial charge in [-0.05, 0) is 13.3 Å². The molecular formula is C13H20ClN5O. The topological polar surface area (TPSA) is 79.6 Å². The highest BCUT2D eigenvalue weighted by Crippen LogP contribution is 2.13. The number of nitrogens with one attached hydrogen (secondary N) is 2. The Kier molecular flexibility index (Phi) is 5.55. The van der Waals surface area contributed by atoms with E-state index in [1.807, 2.05) is 6.92 Å². The van der Waals surface area contributed by atoms with Crippen LogP contribution < -0.4 is 5.32 Å². The first-order valence-electron chi connectivity index (χ1n) is 6.92. The predicted molar refractivity (Wildman–Crippen MR) is 76.7 cm³/mol. The number of nitrogens with zero attached hydrogens (tertiary/aromatic N) is 3. The first kappa shape index (κ1) is 15.0. The lowest BCUT2D eigenvalue weighted by Gasteiger charge is -2.01. The molecule has 0 fully saturated rings. The van der Waals surface area contributed by atoms with Gasteiger partial charge < -0.3 is 14.8 Å². The maximum absolute atomic E-state index is 6.10. The average molecular weight is 298 g/mol. The fourth-order valence-electron chi connectivity index (χ4n) is 1.87. The molecule has 0 amide bonds. The van der Waals surface area contributed by atoms with Crippen molar-refractivity contribution < 1.29 is 4.52 Å². The van der Waals surface area contributed by atoms with Crippen molar-refractivity contribution in [3.8, 4) is 0 Å². The Hall–Kier alpha value is -1.40. The van der Waals surface area contributed by atoms with Gasteiger partial charge >= 0.3 is 0 Å². The first-order valence-corrected chi connectivity index (χ1v) is 7.30. The van der Waals surface area contributed by atoms with E-state index in [2.05, 4.69) is 32.3 Å². The predicted octanol–water partition coefficient (Wildman–Crippen LogP) is 2.43. The molecule has 7 heteroatoms. The van der Waals surface area contributed by atoms with E-state index in [0.717, 1.165) is 37.3 Å². The van der Waals surface area contributed by atoms with E-state index in [1.165, 1.54) is 0 Å². The molecule has 0 saturated carbocycles. The van der Waals surface area contributed by atoms with Crippen LogP contribution in [-0.4, -0.2) is 26.7 Å². The molecule has 2 heterocycles. The van der Waals surface area contributed by atoms with Crippen molar-refractivity contribution in [2.24, 2.45) is 0 Å². The molecule has 0 aromatic carbocycles. The highest BCUT2D eigenvalue weighted by molar-refractivity contribution is 6.30. The molecule has 0 unspecified atom stereocenters. The number of halogens is 1. The number of aromatic nitrogens is 4. The molecule has 0 aliphatic rings. The van der Waals surface area contributed by atoms with E-state index < -0.39 is 0 Å². The second-order valence-corrected chi connectivity index (χ2v) is 5.08. The number of hydrogen-bond acceptors (Lipinski definition) is 5. The largest absolute Gasteiger partial charge is 0.344 e. The summed E-state index contributed by atoms with van der Waals surface area (Å²) in [5.41, 5.74) is 0.930. The molecule has 2 N–H and O–H groups in total. The van der Waals surface area contributed by atoms with Crippen molar-refractivity contribution in [2.45, 2.75) is 46.1 Å². The molecule has 0 aliphatic heterocycles. The van der Waals surface area contributed by atoms with E-state index >= 15 is 0 Å². The van der Waals surface area contributed by atoms with Gasteiger partial charge in [-0.3, -0.25) is 0 Å². The van der Waals surface area contributed by atoms with Crippen LogP contribution in [0.15, 0.2) is 4.52 Å². The molecule has 110 valence electrons. The van der Waals surface area contributed by atoms with Crippen LogP contribution in [0.3, 0.4) is 0 Å². The summed E-state index contributed by atoms with van der Waals surface area (Å²) in [7, 11) is 0. The molecule has 0 atom stereocenters. The molecule has 0 spiro atoms. The number of unbranched alkanes of at least 4 members (excludes halogenated alkanes) is 1. The van der Waals surface area contributed by atoms with E-state index in [9.17, 15) is 0 Å². The minimum absolute atomic E-state index is 0.553. The monoisotopic (exact) mass is 297 g/mol. The SMILES string of the molecule is CCCCc1nc(Cl)c(CNCCc2nc(C)no2)[nH]1. The number of imidazole rings is 1. The second kappa shape index (κ2) is 7.40. The molecule has 0 radical (unpaired) electrons. The summed E-state index contributed by atoms with van der Waals surface area (Å²) >= 11 is 6.10. The Morgan fingerprint density at radius 3 is 2.85 bits per heavy atom. The first-order chi connectivity index (χ1) is 9.69. The van der Waals surface area contributed by atoms with Crippen LogP contribution in [0.5, 0.6) is 0 Å². The Morgan fingerprint density at radius 1 is 1.30 bits per heavy atom. The Labute approximate surface area is 123 Å². The van der Waals surface area contributed by atoms with Gasteiger partial charge in [0, 0.05) is 25.9 Å². The molecule has 0 bridgehead atoms. The second-order valence-electron chi connectivity index (χ2n) is 4.72. The van der Waals surface area contributed by atoms with Gasteiger partial charge in [0.2, 0.25) is 5.89 Å². The maximum atomic E-state index is 6.10. The van der Waals surface area contributed by atoms with Crippen molar-refractivity contribution in [3.63, 3.8) is 0 Å². The summed E-state index contributed by atoms with van der Waals surface area (Å²) in [4.78, 5) is 11.7. The maximum Gasteiger partial charge on any atom is 0.227 e. The van der Waals surface area contributed by atoms with Gasteiger partial charge in [-0.1, -0.05) is 30.1 Å². The summed E-state index contributed by atoms with van der Waals surface area (Å²) in [6.07, 6.45) is 3.91. The highest BCUT2D eigenvalue weighted by atomic mass is 35.5. The lowest BCUT2D eigenvalue weighted by molar-refractivity contribution is 0.372. The molecule has 0 aliphatic carbocycles. The van der Waals surface area contributed by atoms with E-state index in [4.69, 9.17) is 16.1 Å². The third-order valence-electron chi connectivity index (χ3n) is 2.93. The lowest BCUT2D eigenvalue weighted by Crippen LogP contribution is -2.17.